The summed E-state index contributed by atoms with van der Waals surface area (Å²) in [5, 5.41) is 7.58. The van der Waals surface area contributed by atoms with Crippen molar-refractivity contribution in [3.8, 4) is 0 Å². The quantitative estimate of drug-likeness (QED) is 0.913. The summed E-state index contributed by atoms with van der Waals surface area (Å²) >= 11 is 0. The van der Waals surface area contributed by atoms with Gasteiger partial charge in [-0.1, -0.05) is 5.16 Å². The third kappa shape index (κ3) is 3.82. The van der Waals surface area contributed by atoms with Crippen molar-refractivity contribution in [1.82, 2.24) is 20.0 Å². The van der Waals surface area contributed by atoms with Gasteiger partial charge in [-0.2, -0.15) is 0 Å². The standard InChI is InChI=1S/C18H25N5O2/c1-13-9-19-17(20-10-13)21-15-3-6-24-18(8-15)4-5-23(12-18)11-16-7-14(2)25-22-16/h7,9-10,15H,3-6,8,11-12H2,1-2H3,(H,19,20,21)/t15-,18-/m1/s1. The highest BCUT2D eigenvalue weighted by Gasteiger charge is 2.43. The summed E-state index contributed by atoms with van der Waals surface area (Å²) in [7, 11) is 0. The molecule has 0 unspecified atom stereocenters. The Labute approximate surface area is 147 Å². The maximum absolute atomic E-state index is 6.22. The molecule has 0 radical (unpaired) electrons. The van der Waals surface area contributed by atoms with Gasteiger partial charge >= 0.3 is 0 Å². The molecule has 2 aromatic heterocycles. The minimum atomic E-state index is -0.0700. The van der Waals surface area contributed by atoms with Crippen molar-refractivity contribution >= 4 is 5.95 Å². The van der Waals surface area contributed by atoms with Crippen LogP contribution in [-0.2, 0) is 11.3 Å². The molecule has 7 nitrogen and oxygen atoms in total. The molecule has 0 amide bonds. The Kier molecular flexibility index (Phi) is 4.43. The first kappa shape index (κ1) is 16.5. The first-order valence-corrected chi connectivity index (χ1v) is 8.94. The number of ether oxygens (including phenoxy) is 1. The third-order valence-corrected chi connectivity index (χ3v) is 5.06. The first-order chi connectivity index (χ1) is 12.1. The van der Waals surface area contributed by atoms with E-state index in [1.54, 1.807) is 0 Å². The van der Waals surface area contributed by atoms with Crippen LogP contribution >= 0.6 is 0 Å². The van der Waals surface area contributed by atoms with Crippen LogP contribution < -0.4 is 5.32 Å². The lowest BCUT2D eigenvalue weighted by atomic mass is 9.89. The highest BCUT2D eigenvalue weighted by atomic mass is 16.5. The fraction of sp³-hybridized carbons (Fsp3) is 0.611. The number of aryl methyl sites for hydroxylation is 2. The molecule has 0 saturated carbocycles. The smallest absolute Gasteiger partial charge is 0.222 e. The zero-order valence-corrected chi connectivity index (χ0v) is 14.9. The predicted molar refractivity (Wildman–Crippen MR) is 93.2 cm³/mol. The predicted octanol–water partition coefficient (Wildman–Crippen LogP) is 2.32. The number of rotatable bonds is 4. The molecule has 2 atom stereocenters. The van der Waals surface area contributed by atoms with Gasteiger partial charge in [0.05, 0.1) is 11.3 Å². The van der Waals surface area contributed by atoms with Crippen LogP contribution in [0, 0.1) is 13.8 Å². The molecular weight excluding hydrogens is 318 g/mol. The van der Waals surface area contributed by atoms with Crippen molar-refractivity contribution in [3.63, 3.8) is 0 Å². The molecule has 0 aromatic carbocycles. The van der Waals surface area contributed by atoms with Crippen molar-refractivity contribution in [2.45, 2.75) is 51.3 Å². The summed E-state index contributed by atoms with van der Waals surface area (Å²) in [6.45, 7) is 7.49. The average Bonchev–Trinajstić information content (AvgIpc) is 3.17. The lowest BCUT2D eigenvalue weighted by Gasteiger charge is -2.38. The molecule has 134 valence electrons. The van der Waals surface area contributed by atoms with Crippen molar-refractivity contribution in [1.29, 1.82) is 0 Å². The fourth-order valence-electron chi connectivity index (χ4n) is 3.87. The molecule has 25 heavy (non-hydrogen) atoms. The maximum Gasteiger partial charge on any atom is 0.222 e. The monoisotopic (exact) mass is 343 g/mol. The summed E-state index contributed by atoms with van der Waals surface area (Å²) in [5.41, 5.74) is 2.00. The second-order valence-electron chi connectivity index (χ2n) is 7.34. The number of nitrogens with zero attached hydrogens (tertiary/aromatic N) is 4. The molecule has 2 aliphatic rings. The van der Waals surface area contributed by atoms with E-state index in [1.165, 1.54) is 0 Å². The van der Waals surface area contributed by atoms with E-state index in [0.717, 1.165) is 62.5 Å². The Bertz CT molecular complexity index is 717. The number of hydrogen-bond acceptors (Lipinski definition) is 7. The SMILES string of the molecule is Cc1cnc(N[C@@H]2CCO[C@]3(CCN(Cc4cc(C)on4)C3)C2)nc1. The van der Waals surface area contributed by atoms with Crippen molar-refractivity contribution in [2.75, 3.05) is 25.0 Å². The maximum atomic E-state index is 6.22. The van der Waals surface area contributed by atoms with Gasteiger partial charge < -0.3 is 14.6 Å². The van der Waals surface area contributed by atoms with Crippen LogP contribution in [0.2, 0.25) is 0 Å². The summed E-state index contributed by atoms with van der Waals surface area (Å²) in [6, 6.07) is 2.36. The molecule has 4 heterocycles. The van der Waals surface area contributed by atoms with E-state index < -0.39 is 0 Å². The van der Waals surface area contributed by atoms with Gasteiger partial charge in [-0.05, 0) is 38.7 Å². The van der Waals surface area contributed by atoms with Crippen LogP contribution in [0.3, 0.4) is 0 Å². The van der Waals surface area contributed by atoms with Gasteiger partial charge in [0.2, 0.25) is 5.95 Å². The van der Waals surface area contributed by atoms with Gasteiger partial charge in [0.25, 0.3) is 0 Å². The summed E-state index contributed by atoms with van der Waals surface area (Å²) in [6.07, 6.45) is 6.72. The molecule has 2 aromatic rings. The van der Waals surface area contributed by atoms with E-state index in [1.807, 2.05) is 32.3 Å². The largest absolute Gasteiger partial charge is 0.373 e. The Morgan fingerprint density at radius 2 is 2.16 bits per heavy atom. The highest BCUT2D eigenvalue weighted by Crippen LogP contribution is 2.35. The van der Waals surface area contributed by atoms with Gasteiger partial charge in [0.15, 0.2) is 0 Å². The molecule has 4 rings (SSSR count). The van der Waals surface area contributed by atoms with Crippen molar-refractivity contribution < 1.29 is 9.26 Å². The van der Waals surface area contributed by atoms with Gasteiger partial charge in [0, 0.05) is 50.7 Å². The van der Waals surface area contributed by atoms with E-state index in [0.29, 0.717) is 12.0 Å². The van der Waals surface area contributed by atoms with Crippen LogP contribution in [0.25, 0.3) is 0 Å². The van der Waals surface area contributed by atoms with E-state index >= 15 is 0 Å². The van der Waals surface area contributed by atoms with E-state index in [9.17, 15) is 0 Å². The lowest BCUT2D eigenvalue weighted by Crippen LogP contribution is -2.46. The van der Waals surface area contributed by atoms with Gasteiger partial charge in [-0.25, -0.2) is 9.97 Å². The average molecular weight is 343 g/mol. The Morgan fingerprint density at radius 1 is 1.32 bits per heavy atom. The number of likely N-dealkylation sites (tertiary alicyclic amines) is 1. The van der Waals surface area contributed by atoms with Crippen LogP contribution in [-0.4, -0.2) is 51.4 Å². The van der Waals surface area contributed by atoms with Gasteiger partial charge in [-0.15, -0.1) is 0 Å². The molecule has 2 aliphatic heterocycles. The Balaban J connectivity index is 1.36. The number of hydrogen-bond donors (Lipinski definition) is 1. The van der Waals surface area contributed by atoms with Crippen LogP contribution in [0.1, 0.15) is 36.3 Å². The number of aromatic nitrogens is 3. The molecular formula is C18H25N5O2. The number of anilines is 1. The molecule has 1 spiro atoms. The van der Waals surface area contributed by atoms with Crippen LogP contribution in [0.4, 0.5) is 5.95 Å². The molecule has 7 heteroatoms. The van der Waals surface area contributed by atoms with Crippen molar-refractivity contribution in [2.24, 2.45) is 0 Å². The minimum Gasteiger partial charge on any atom is -0.373 e. The molecule has 0 bridgehead atoms. The van der Waals surface area contributed by atoms with Crippen LogP contribution in [0.15, 0.2) is 23.0 Å². The number of nitrogens with one attached hydrogen (secondary N) is 1. The Hall–Kier alpha value is -1.99. The van der Waals surface area contributed by atoms with Crippen molar-refractivity contribution in [3.05, 3.63) is 35.5 Å². The summed E-state index contributed by atoms with van der Waals surface area (Å²) in [4.78, 5) is 11.1. The van der Waals surface area contributed by atoms with E-state index in [4.69, 9.17) is 9.26 Å². The molecule has 1 N–H and O–H groups in total. The second kappa shape index (κ2) is 6.72. The zero-order chi connectivity index (χ0) is 17.3. The minimum absolute atomic E-state index is 0.0700. The summed E-state index contributed by atoms with van der Waals surface area (Å²) < 4.78 is 11.4. The summed E-state index contributed by atoms with van der Waals surface area (Å²) in [5.74, 6) is 1.57. The van der Waals surface area contributed by atoms with Crippen LogP contribution in [0.5, 0.6) is 0 Å². The lowest BCUT2D eigenvalue weighted by molar-refractivity contribution is -0.0738. The fourth-order valence-corrected chi connectivity index (χ4v) is 3.87. The van der Waals surface area contributed by atoms with E-state index in [-0.39, 0.29) is 5.60 Å². The first-order valence-electron chi connectivity index (χ1n) is 8.94. The van der Waals surface area contributed by atoms with Gasteiger partial charge in [-0.3, -0.25) is 4.90 Å². The molecule has 2 fully saturated rings. The second-order valence-corrected chi connectivity index (χ2v) is 7.34. The normalized spacial score (nSPS) is 27.0. The zero-order valence-electron chi connectivity index (χ0n) is 14.9. The Morgan fingerprint density at radius 3 is 2.92 bits per heavy atom. The van der Waals surface area contributed by atoms with E-state index in [2.05, 4.69) is 25.3 Å². The van der Waals surface area contributed by atoms with Gasteiger partial charge in [0.1, 0.15) is 5.76 Å². The molecule has 2 saturated heterocycles. The molecule has 0 aliphatic carbocycles. The third-order valence-electron chi connectivity index (χ3n) is 5.06. The highest BCUT2D eigenvalue weighted by molar-refractivity contribution is 5.26. The topological polar surface area (TPSA) is 76.3 Å².